The molecule has 1 aliphatic rings. The van der Waals surface area contributed by atoms with E-state index in [1.807, 2.05) is 108 Å². The summed E-state index contributed by atoms with van der Waals surface area (Å²) in [5.41, 5.74) is 5.71. The normalized spacial score (nSPS) is 13.4. The minimum Gasteiger partial charge on any atom is -0.497 e. The van der Waals surface area contributed by atoms with Gasteiger partial charge in [-0.05, 0) is 66.9 Å². The van der Waals surface area contributed by atoms with Crippen LogP contribution in [0.3, 0.4) is 0 Å². The highest BCUT2D eigenvalue weighted by atomic mass is 16.5. The highest BCUT2D eigenvalue weighted by Crippen LogP contribution is 2.31. The van der Waals surface area contributed by atoms with Crippen LogP contribution in [0.25, 0.3) is 16.9 Å². The van der Waals surface area contributed by atoms with Crippen molar-refractivity contribution in [3.63, 3.8) is 0 Å². The van der Waals surface area contributed by atoms with Crippen LogP contribution in [-0.4, -0.2) is 59.5 Å². The lowest BCUT2D eigenvalue weighted by molar-refractivity contribution is -0.132. The Hall–Kier alpha value is -4.32. The van der Waals surface area contributed by atoms with Crippen molar-refractivity contribution in [2.75, 3.05) is 33.3 Å². The summed E-state index contributed by atoms with van der Waals surface area (Å²) < 4.78 is 7.47. The first-order valence-corrected chi connectivity index (χ1v) is 13.1. The van der Waals surface area contributed by atoms with Crippen molar-refractivity contribution in [3.05, 3.63) is 108 Å². The van der Waals surface area contributed by atoms with E-state index in [0.29, 0.717) is 38.2 Å². The molecule has 1 fully saturated rings. The van der Waals surface area contributed by atoms with Gasteiger partial charge >= 0.3 is 0 Å². The summed E-state index contributed by atoms with van der Waals surface area (Å²) in [6, 6.07) is 30.1. The van der Waals surface area contributed by atoms with Crippen LogP contribution in [0.15, 0.2) is 91.0 Å². The Morgan fingerprint density at radius 2 is 1.39 bits per heavy atom. The van der Waals surface area contributed by atoms with E-state index in [0.717, 1.165) is 34.8 Å². The number of aromatic nitrogens is 1. The number of amides is 2. The van der Waals surface area contributed by atoms with Crippen molar-refractivity contribution in [1.82, 2.24) is 14.4 Å². The minimum absolute atomic E-state index is 0.00308. The Balaban J connectivity index is 1.33. The van der Waals surface area contributed by atoms with Gasteiger partial charge in [-0.1, -0.05) is 48.5 Å². The summed E-state index contributed by atoms with van der Waals surface area (Å²) in [6.07, 6.45) is 1.22. The van der Waals surface area contributed by atoms with Crippen LogP contribution in [0.2, 0.25) is 0 Å². The second-order valence-electron chi connectivity index (χ2n) is 9.59. The molecule has 38 heavy (non-hydrogen) atoms. The smallest absolute Gasteiger partial charge is 0.255 e. The molecular weight excluding hydrogens is 474 g/mol. The lowest BCUT2D eigenvalue weighted by Crippen LogP contribution is -2.50. The Kier molecular flexibility index (Phi) is 7.59. The molecule has 6 heteroatoms. The van der Waals surface area contributed by atoms with E-state index >= 15 is 0 Å². The van der Waals surface area contributed by atoms with Gasteiger partial charge in [-0.15, -0.1) is 0 Å². The van der Waals surface area contributed by atoms with Crippen LogP contribution >= 0.6 is 0 Å². The summed E-state index contributed by atoms with van der Waals surface area (Å²) in [4.78, 5) is 30.3. The lowest BCUT2D eigenvalue weighted by Gasteiger charge is -2.35. The number of rotatable bonds is 7. The zero-order valence-corrected chi connectivity index (χ0v) is 22.0. The van der Waals surface area contributed by atoms with Crippen molar-refractivity contribution < 1.29 is 14.3 Å². The van der Waals surface area contributed by atoms with Crippen molar-refractivity contribution >= 4 is 11.8 Å². The number of hydrogen-bond acceptors (Lipinski definition) is 3. The predicted octanol–water partition coefficient (Wildman–Crippen LogP) is 5.38. The van der Waals surface area contributed by atoms with Crippen LogP contribution < -0.4 is 4.74 Å². The molecule has 0 atom stereocenters. The molecule has 1 saturated heterocycles. The van der Waals surface area contributed by atoms with E-state index in [1.54, 1.807) is 7.11 Å². The molecular formula is C32H33N3O3. The number of hydrogen-bond donors (Lipinski definition) is 0. The van der Waals surface area contributed by atoms with Crippen molar-refractivity contribution in [1.29, 1.82) is 0 Å². The van der Waals surface area contributed by atoms with Gasteiger partial charge in [-0.3, -0.25) is 9.59 Å². The first-order valence-electron chi connectivity index (χ1n) is 13.1. The van der Waals surface area contributed by atoms with E-state index in [9.17, 15) is 9.59 Å². The van der Waals surface area contributed by atoms with Crippen molar-refractivity contribution in [3.8, 4) is 22.7 Å². The summed E-state index contributed by atoms with van der Waals surface area (Å²) in [7, 11) is 1.65. The van der Waals surface area contributed by atoms with E-state index in [4.69, 9.17) is 4.74 Å². The number of nitrogens with zero attached hydrogens (tertiary/aromatic N) is 3. The van der Waals surface area contributed by atoms with Gasteiger partial charge in [-0.25, -0.2) is 0 Å². The topological polar surface area (TPSA) is 54.8 Å². The van der Waals surface area contributed by atoms with Gasteiger partial charge in [0.25, 0.3) is 5.91 Å². The van der Waals surface area contributed by atoms with Crippen LogP contribution in [0.1, 0.15) is 28.0 Å². The number of carbonyl (C=O) groups excluding carboxylic acids is 2. The number of piperazine rings is 1. The standard InChI is InChI=1S/C32H33N3O3/c1-24-29(23-30(26-14-16-28(38-2)17-15-26)35(24)27-11-7-4-8-12-27)32(37)34-21-19-33(20-22-34)31(36)18-13-25-9-5-3-6-10-25/h3-12,14-17,23H,13,18-22H2,1-2H3. The minimum atomic E-state index is 0.00308. The Bertz CT molecular complexity index is 1390. The van der Waals surface area contributed by atoms with E-state index < -0.39 is 0 Å². The van der Waals surface area contributed by atoms with Crippen LogP contribution in [0.4, 0.5) is 0 Å². The average molecular weight is 508 g/mol. The van der Waals surface area contributed by atoms with Gasteiger partial charge in [-0.2, -0.15) is 0 Å². The molecule has 2 heterocycles. The molecule has 2 amide bonds. The largest absolute Gasteiger partial charge is 0.497 e. The van der Waals surface area contributed by atoms with Gasteiger partial charge in [0.15, 0.2) is 0 Å². The van der Waals surface area contributed by atoms with E-state index in [2.05, 4.69) is 4.57 Å². The molecule has 194 valence electrons. The van der Waals surface area contributed by atoms with Gasteiger partial charge < -0.3 is 19.1 Å². The maximum Gasteiger partial charge on any atom is 0.255 e. The molecule has 0 bridgehead atoms. The van der Waals surface area contributed by atoms with E-state index in [1.165, 1.54) is 5.56 Å². The van der Waals surface area contributed by atoms with Gasteiger partial charge in [0.2, 0.25) is 5.91 Å². The SMILES string of the molecule is COc1ccc(-c2cc(C(=O)N3CCN(C(=O)CCc4ccccc4)CC3)c(C)n2-c2ccccc2)cc1. The lowest BCUT2D eigenvalue weighted by atomic mass is 10.1. The van der Waals surface area contributed by atoms with Crippen LogP contribution in [0, 0.1) is 6.92 Å². The maximum atomic E-state index is 13.7. The van der Waals surface area contributed by atoms with Gasteiger partial charge in [0.05, 0.1) is 18.4 Å². The molecule has 3 aromatic carbocycles. The molecule has 0 spiro atoms. The Morgan fingerprint density at radius 1 is 0.789 bits per heavy atom. The predicted molar refractivity (Wildman–Crippen MR) is 150 cm³/mol. The number of para-hydroxylation sites is 1. The third kappa shape index (κ3) is 5.35. The number of ether oxygens (including phenoxy) is 1. The molecule has 6 nitrogen and oxygen atoms in total. The fourth-order valence-electron chi connectivity index (χ4n) is 5.09. The third-order valence-corrected chi connectivity index (χ3v) is 7.27. The molecule has 0 radical (unpaired) electrons. The zero-order valence-electron chi connectivity index (χ0n) is 22.0. The van der Waals surface area contributed by atoms with Gasteiger partial charge in [0.1, 0.15) is 5.75 Å². The molecule has 0 saturated carbocycles. The highest BCUT2D eigenvalue weighted by Gasteiger charge is 2.28. The molecule has 0 unspecified atom stereocenters. The number of benzene rings is 3. The Morgan fingerprint density at radius 3 is 2.03 bits per heavy atom. The second-order valence-corrected chi connectivity index (χ2v) is 9.59. The molecule has 0 N–H and O–H groups in total. The number of aryl methyl sites for hydroxylation is 1. The quantitative estimate of drug-likeness (QED) is 0.338. The fraction of sp³-hybridized carbons (Fsp3) is 0.250. The third-order valence-electron chi connectivity index (χ3n) is 7.27. The summed E-state index contributed by atoms with van der Waals surface area (Å²) in [5, 5.41) is 0. The van der Waals surface area contributed by atoms with E-state index in [-0.39, 0.29) is 11.8 Å². The maximum absolute atomic E-state index is 13.7. The highest BCUT2D eigenvalue weighted by molar-refractivity contribution is 5.97. The Labute approximate surface area is 224 Å². The molecule has 1 aromatic heterocycles. The van der Waals surface area contributed by atoms with Crippen molar-refractivity contribution in [2.45, 2.75) is 19.8 Å². The van der Waals surface area contributed by atoms with Crippen LogP contribution in [0.5, 0.6) is 5.75 Å². The summed E-state index contributed by atoms with van der Waals surface area (Å²) in [5.74, 6) is 0.938. The average Bonchev–Trinajstić information content (AvgIpc) is 3.33. The summed E-state index contributed by atoms with van der Waals surface area (Å²) in [6.45, 7) is 4.18. The zero-order chi connectivity index (χ0) is 26.5. The first-order chi connectivity index (χ1) is 18.5. The monoisotopic (exact) mass is 507 g/mol. The number of carbonyl (C=O) groups is 2. The second kappa shape index (κ2) is 11.4. The fourth-order valence-corrected chi connectivity index (χ4v) is 5.09. The molecule has 4 aromatic rings. The van der Waals surface area contributed by atoms with Crippen molar-refractivity contribution in [2.24, 2.45) is 0 Å². The van der Waals surface area contributed by atoms with Crippen LogP contribution in [-0.2, 0) is 11.2 Å². The molecule has 0 aliphatic carbocycles. The first kappa shape index (κ1) is 25.3. The molecule has 5 rings (SSSR count). The number of methoxy groups -OCH3 is 1. The molecule has 1 aliphatic heterocycles. The van der Waals surface area contributed by atoms with Gasteiger partial charge in [0, 0.05) is 44.0 Å². The summed E-state index contributed by atoms with van der Waals surface area (Å²) >= 11 is 0.